The Morgan fingerprint density at radius 1 is 1.33 bits per heavy atom. The lowest BCUT2D eigenvalue weighted by atomic mass is 9.86. The molecule has 0 aliphatic heterocycles. The Hall–Kier alpha value is -0.580. The first-order valence-corrected chi connectivity index (χ1v) is 5.87. The van der Waals surface area contributed by atoms with Crippen molar-refractivity contribution in [3.63, 3.8) is 0 Å². The average molecular weight is 318 g/mol. The molecule has 82 valence electrons. The SMILES string of the molecule is CC(=O)Oc1ccc(I)cc1C(C)(C)C. The Balaban J connectivity index is 3.20. The summed E-state index contributed by atoms with van der Waals surface area (Å²) in [6.07, 6.45) is 0. The van der Waals surface area contributed by atoms with Gasteiger partial charge in [-0.1, -0.05) is 20.8 Å². The fourth-order valence-corrected chi connectivity index (χ4v) is 1.82. The summed E-state index contributed by atoms with van der Waals surface area (Å²) in [5.74, 6) is 0.386. The number of benzene rings is 1. The molecule has 0 amide bonds. The Labute approximate surface area is 104 Å². The standard InChI is InChI=1S/C12H15IO2/c1-8(14)15-11-6-5-9(13)7-10(11)12(2,3)4/h5-7H,1-4H3. The summed E-state index contributed by atoms with van der Waals surface area (Å²) in [5, 5.41) is 0. The van der Waals surface area contributed by atoms with Gasteiger partial charge < -0.3 is 4.74 Å². The van der Waals surface area contributed by atoms with Gasteiger partial charge in [0.25, 0.3) is 0 Å². The van der Waals surface area contributed by atoms with Crippen molar-refractivity contribution in [2.24, 2.45) is 0 Å². The Bertz CT molecular complexity index is 378. The molecule has 0 bridgehead atoms. The monoisotopic (exact) mass is 318 g/mol. The Kier molecular flexibility index (Phi) is 3.76. The fraction of sp³-hybridized carbons (Fsp3) is 0.417. The highest BCUT2D eigenvalue weighted by atomic mass is 127. The molecular weight excluding hydrogens is 303 g/mol. The van der Waals surface area contributed by atoms with Gasteiger partial charge in [0.05, 0.1) is 0 Å². The largest absolute Gasteiger partial charge is 0.426 e. The molecule has 0 unspecified atom stereocenters. The molecule has 1 aromatic rings. The van der Waals surface area contributed by atoms with Crippen LogP contribution in [-0.2, 0) is 10.2 Å². The van der Waals surface area contributed by atoms with E-state index in [1.54, 1.807) is 0 Å². The molecular formula is C12H15IO2. The van der Waals surface area contributed by atoms with Crippen molar-refractivity contribution in [3.05, 3.63) is 27.3 Å². The molecule has 1 rings (SSSR count). The van der Waals surface area contributed by atoms with Crippen molar-refractivity contribution < 1.29 is 9.53 Å². The average Bonchev–Trinajstić information content (AvgIpc) is 2.05. The molecule has 0 aliphatic carbocycles. The predicted octanol–water partition coefficient (Wildman–Crippen LogP) is 3.51. The molecule has 0 saturated carbocycles. The normalized spacial score (nSPS) is 11.3. The van der Waals surface area contributed by atoms with Gasteiger partial charge in [0.2, 0.25) is 0 Å². The highest BCUT2D eigenvalue weighted by Gasteiger charge is 2.20. The van der Waals surface area contributed by atoms with Crippen molar-refractivity contribution in [2.75, 3.05) is 0 Å². The third-order valence-electron chi connectivity index (χ3n) is 2.00. The Morgan fingerprint density at radius 3 is 2.40 bits per heavy atom. The third kappa shape index (κ3) is 3.48. The smallest absolute Gasteiger partial charge is 0.308 e. The number of rotatable bonds is 1. The van der Waals surface area contributed by atoms with Crippen LogP contribution < -0.4 is 4.74 Å². The van der Waals surface area contributed by atoms with Crippen LogP contribution >= 0.6 is 22.6 Å². The molecule has 0 spiro atoms. The van der Waals surface area contributed by atoms with Crippen LogP contribution in [0.1, 0.15) is 33.3 Å². The zero-order valence-electron chi connectivity index (χ0n) is 9.43. The molecule has 0 aromatic heterocycles. The van der Waals surface area contributed by atoms with Crippen LogP contribution in [0, 0.1) is 3.57 Å². The minimum atomic E-state index is -0.276. The van der Waals surface area contributed by atoms with E-state index in [0.717, 1.165) is 9.13 Å². The van der Waals surface area contributed by atoms with Gasteiger partial charge >= 0.3 is 5.97 Å². The summed E-state index contributed by atoms with van der Waals surface area (Å²) in [4.78, 5) is 11.0. The summed E-state index contributed by atoms with van der Waals surface area (Å²) in [6.45, 7) is 7.73. The van der Waals surface area contributed by atoms with Crippen LogP contribution in [0.2, 0.25) is 0 Å². The maximum atomic E-state index is 11.0. The van der Waals surface area contributed by atoms with Crippen molar-refractivity contribution in [2.45, 2.75) is 33.1 Å². The van der Waals surface area contributed by atoms with Crippen LogP contribution in [-0.4, -0.2) is 5.97 Å². The molecule has 0 saturated heterocycles. The first-order valence-electron chi connectivity index (χ1n) is 4.79. The van der Waals surface area contributed by atoms with Gasteiger partial charge in [-0.15, -0.1) is 0 Å². The molecule has 0 aliphatic rings. The molecule has 0 heterocycles. The fourth-order valence-electron chi connectivity index (χ4n) is 1.33. The molecule has 2 nitrogen and oxygen atoms in total. The van der Waals surface area contributed by atoms with E-state index in [2.05, 4.69) is 49.4 Å². The molecule has 0 fully saturated rings. The molecule has 15 heavy (non-hydrogen) atoms. The quantitative estimate of drug-likeness (QED) is 0.450. The van der Waals surface area contributed by atoms with Crippen molar-refractivity contribution in [1.29, 1.82) is 0 Å². The summed E-state index contributed by atoms with van der Waals surface area (Å²) in [7, 11) is 0. The number of esters is 1. The predicted molar refractivity (Wildman–Crippen MR) is 69.2 cm³/mol. The number of hydrogen-bond donors (Lipinski definition) is 0. The van der Waals surface area contributed by atoms with E-state index in [1.807, 2.05) is 12.1 Å². The highest BCUT2D eigenvalue weighted by Crippen LogP contribution is 2.32. The molecule has 3 heteroatoms. The maximum absolute atomic E-state index is 11.0. The van der Waals surface area contributed by atoms with Crippen LogP contribution in [0.3, 0.4) is 0 Å². The van der Waals surface area contributed by atoms with Gasteiger partial charge in [-0.05, 0) is 46.2 Å². The van der Waals surface area contributed by atoms with E-state index in [0.29, 0.717) is 5.75 Å². The van der Waals surface area contributed by atoms with Crippen LogP contribution in [0.5, 0.6) is 5.75 Å². The zero-order valence-corrected chi connectivity index (χ0v) is 11.6. The topological polar surface area (TPSA) is 26.3 Å². The molecule has 1 aromatic carbocycles. The van der Waals surface area contributed by atoms with Crippen LogP contribution in [0.15, 0.2) is 18.2 Å². The minimum absolute atomic E-state index is 0.0219. The summed E-state index contributed by atoms with van der Waals surface area (Å²) in [5.41, 5.74) is 1.04. The van der Waals surface area contributed by atoms with Gasteiger partial charge in [-0.25, -0.2) is 0 Å². The van der Waals surface area contributed by atoms with Crippen molar-refractivity contribution in [3.8, 4) is 5.75 Å². The molecule has 0 atom stereocenters. The maximum Gasteiger partial charge on any atom is 0.308 e. The highest BCUT2D eigenvalue weighted by molar-refractivity contribution is 14.1. The lowest BCUT2D eigenvalue weighted by molar-refractivity contribution is -0.131. The van der Waals surface area contributed by atoms with Gasteiger partial charge in [-0.3, -0.25) is 4.79 Å². The summed E-state index contributed by atoms with van der Waals surface area (Å²) in [6, 6.07) is 5.84. The number of ether oxygens (including phenoxy) is 1. The minimum Gasteiger partial charge on any atom is -0.426 e. The van der Waals surface area contributed by atoms with Crippen LogP contribution in [0.4, 0.5) is 0 Å². The van der Waals surface area contributed by atoms with E-state index in [9.17, 15) is 4.79 Å². The van der Waals surface area contributed by atoms with E-state index in [4.69, 9.17) is 4.74 Å². The lowest BCUT2D eigenvalue weighted by Crippen LogP contribution is -2.15. The number of carbonyl (C=O) groups excluding carboxylic acids is 1. The van der Waals surface area contributed by atoms with E-state index in [1.165, 1.54) is 6.92 Å². The lowest BCUT2D eigenvalue weighted by Gasteiger charge is -2.22. The zero-order chi connectivity index (χ0) is 11.6. The van der Waals surface area contributed by atoms with Gasteiger partial charge in [0, 0.05) is 16.1 Å². The van der Waals surface area contributed by atoms with Crippen molar-refractivity contribution >= 4 is 28.6 Å². The van der Waals surface area contributed by atoms with E-state index < -0.39 is 0 Å². The van der Waals surface area contributed by atoms with Gasteiger partial charge in [0.15, 0.2) is 0 Å². The Morgan fingerprint density at radius 2 is 1.93 bits per heavy atom. The number of hydrogen-bond acceptors (Lipinski definition) is 2. The van der Waals surface area contributed by atoms with E-state index >= 15 is 0 Å². The second kappa shape index (κ2) is 4.51. The number of halogens is 1. The summed E-state index contributed by atoms with van der Waals surface area (Å²) < 4.78 is 6.33. The summed E-state index contributed by atoms with van der Waals surface area (Å²) >= 11 is 2.26. The third-order valence-corrected chi connectivity index (χ3v) is 2.67. The second-order valence-corrected chi connectivity index (χ2v) is 5.73. The van der Waals surface area contributed by atoms with Gasteiger partial charge in [-0.2, -0.15) is 0 Å². The number of carbonyl (C=O) groups is 1. The second-order valence-electron chi connectivity index (χ2n) is 4.48. The molecule has 0 N–H and O–H groups in total. The van der Waals surface area contributed by atoms with Crippen molar-refractivity contribution in [1.82, 2.24) is 0 Å². The van der Waals surface area contributed by atoms with E-state index in [-0.39, 0.29) is 11.4 Å². The van der Waals surface area contributed by atoms with Crippen LogP contribution in [0.25, 0.3) is 0 Å². The first-order chi connectivity index (χ1) is 6.80. The van der Waals surface area contributed by atoms with Gasteiger partial charge in [0.1, 0.15) is 5.75 Å². The molecule has 0 radical (unpaired) electrons. The first kappa shape index (κ1) is 12.5.